The number of para-hydroxylation sites is 1. The van der Waals surface area contributed by atoms with Crippen molar-refractivity contribution >= 4 is 54.6 Å². The van der Waals surface area contributed by atoms with Crippen LogP contribution < -0.4 is 0 Å². The Bertz CT molecular complexity index is 3200. The van der Waals surface area contributed by atoms with Gasteiger partial charge in [-0.2, -0.15) is 0 Å². The van der Waals surface area contributed by atoms with E-state index in [1.165, 1.54) is 11.1 Å². The molecule has 0 unspecified atom stereocenters. The van der Waals surface area contributed by atoms with E-state index in [-0.39, 0.29) is 0 Å². The molecule has 0 N–H and O–H groups in total. The monoisotopic (exact) mass is 691 g/mol. The predicted molar refractivity (Wildman–Crippen MR) is 219 cm³/mol. The summed E-state index contributed by atoms with van der Waals surface area (Å²) in [6.07, 6.45) is 0. The van der Waals surface area contributed by atoms with Crippen molar-refractivity contribution in [3.8, 4) is 56.4 Å². The van der Waals surface area contributed by atoms with Crippen LogP contribution in [0.4, 0.5) is 0 Å². The topological polar surface area (TPSA) is 65.0 Å². The molecule has 0 aliphatic carbocycles. The quantitative estimate of drug-likeness (QED) is 0.180. The number of benzene rings is 8. The van der Waals surface area contributed by atoms with Crippen molar-refractivity contribution in [3.05, 3.63) is 176 Å². The molecular weight excluding hydrogens is 663 g/mol. The van der Waals surface area contributed by atoms with Crippen molar-refractivity contribution in [1.82, 2.24) is 15.0 Å². The molecule has 11 rings (SSSR count). The second-order valence-corrected chi connectivity index (χ2v) is 13.6. The van der Waals surface area contributed by atoms with Gasteiger partial charge in [0.05, 0.1) is 0 Å². The van der Waals surface area contributed by atoms with Gasteiger partial charge in [0.25, 0.3) is 0 Å². The predicted octanol–water partition coefficient (Wildman–Crippen LogP) is 13.2. The van der Waals surface area contributed by atoms with E-state index < -0.39 is 0 Å². The Morgan fingerprint density at radius 3 is 1.69 bits per heavy atom. The number of furan rings is 2. The smallest absolute Gasteiger partial charge is 0.164 e. The molecular formula is C49H29N3O2. The second kappa shape index (κ2) is 12.1. The second-order valence-electron chi connectivity index (χ2n) is 13.6. The van der Waals surface area contributed by atoms with Gasteiger partial charge in [0, 0.05) is 43.6 Å². The van der Waals surface area contributed by atoms with Crippen LogP contribution in [-0.4, -0.2) is 15.0 Å². The molecule has 3 aromatic heterocycles. The van der Waals surface area contributed by atoms with Gasteiger partial charge in [0.2, 0.25) is 0 Å². The van der Waals surface area contributed by atoms with Crippen molar-refractivity contribution in [2.45, 2.75) is 0 Å². The van der Waals surface area contributed by atoms with Crippen LogP contribution in [0.1, 0.15) is 0 Å². The van der Waals surface area contributed by atoms with E-state index in [1.807, 2.05) is 36.4 Å². The minimum atomic E-state index is 0.559. The molecule has 0 aliphatic heterocycles. The fourth-order valence-electron chi connectivity index (χ4n) is 7.75. The zero-order valence-electron chi connectivity index (χ0n) is 28.9. The first kappa shape index (κ1) is 30.3. The third-order valence-corrected chi connectivity index (χ3v) is 10.4. The molecule has 54 heavy (non-hydrogen) atoms. The van der Waals surface area contributed by atoms with E-state index in [1.54, 1.807) is 0 Å². The molecule has 0 amide bonds. The number of hydrogen-bond acceptors (Lipinski definition) is 5. The Morgan fingerprint density at radius 1 is 0.296 bits per heavy atom. The van der Waals surface area contributed by atoms with Gasteiger partial charge in [-0.15, -0.1) is 0 Å². The van der Waals surface area contributed by atoms with Crippen LogP contribution in [0.3, 0.4) is 0 Å². The average Bonchev–Trinajstić information content (AvgIpc) is 3.82. The SMILES string of the molecule is c1ccc(-c2ccc(-c3nc(-c4ccc5c(c4)oc4c6ccccc6c(-c6ccccc6)cc54)nc(-c4cccc5oc6ccccc6c45)n3)cc2)cc1. The molecule has 0 fully saturated rings. The van der Waals surface area contributed by atoms with Crippen molar-refractivity contribution in [2.24, 2.45) is 0 Å². The van der Waals surface area contributed by atoms with E-state index >= 15 is 0 Å². The fraction of sp³-hybridized carbons (Fsp3) is 0. The molecule has 5 heteroatoms. The van der Waals surface area contributed by atoms with Crippen LogP contribution in [0.5, 0.6) is 0 Å². The number of fused-ring (bicyclic) bond motifs is 8. The molecule has 0 radical (unpaired) electrons. The van der Waals surface area contributed by atoms with Crippen LogP contribution in [0.2, 0.25) is 0 Å². The number of aromatic nitrogens is 3. The highest BCUT2D eigenvalue weighted by molar-refractivity contribution is 6.19. The van der Waals surface area contributed by atoms with Gasteiger partial charge in [0.1, 0.15) is 22.3 Å². The summed E-state index contributed by atoms with van der Waals surface area (Å²) >= 11 is 0. The highest BCUT2D eigenvalue weighted by atomic mass is 16.3. The molecule has 252 valence electrons. The fourth-order valence-corrected chi connectivity index (χ4v) is 7.75. The maximum Gasteiger partial charge on any atom is 0.164 e. The average molecular weight is 692 g/mol. The van der Waals surface area contributed by atoms with Crippen molar-refractivity contribution in [1.29, 1.82) is 0 Å². The Kier molecular flexibility index (Phi) is 6.79. The van der Waals surface area contributed by atoms with Crippen molar-refractivity contribution in [2.75, 3.05) is 0 Å². The number of hydrogen-bond donors (Lipinski definition) is 0. The Hall–Kier alpha value is -7.37. The van der Waals surface area contributed by atoms with Gasteiger partial charge in [-0.25, -0.2) is 15.0 Å². The van der Waals surface area contributed by atoms with Gasteiger partial charge in [-0.3, -0.25) is 0 Å². The van der Waals surface area contributed by atoms with E-state index in [0.717, 1.165) is 82.5 Å². The third kappa shape index (κ3) is 4.90. The molecule has 0 aliphatic rings. The molecule has 11 aromatic rings. The highest BCUT2D eigenvalue weighted by Crippen LogP contribution is 2.41. The molecule has 3 heterocycles. The molecule has 0 bridgehead atoms. The lowest BCUT2D eigenvalue weighted by atomic mass is 9.95. The first-order chi connectivity index (χ1) is 26.7. The summed E-state index contributed by atoms with van der Waals surface area (Å²) in [4.78, 5) is 15.4. The summed E-state index contributed by atoms with van der Waals surface area (Å²) in [6.45, 7) is 0. The highest BCUT2D eigenvalue weighted by Gasteiger charge is 2.20. The van der Waals surface area contributed by atoms with Gasteiger partial charge >= 0.3 is 0 Å². The normalized spacial score (nSPS) is 11.7. The largest absolute Gasteiger partial charge is 0.456 e. The van der Waals surface area contributed by atoms with Crippen LogP contribution in [0.25, 0.3) is 111 Å². The molecule has 0 saturated carbocycles. The Balaban J connectivity index is 1.11. The van der Waals surface area contributed by atoms with E-state index in [4.69, 9.17) is 23.8 Å². The minimum Gasteiger partial charge on any atom is -0.456 e. The van der Waals surface area contributed by atoms with Crippen LogP contribution >= 0.6 is 0 Å². The lowest BCUT2D eigenvalue weighted by molar-refractivity contribution is 0.669. The first-order valence-corrected chi connectivity index (χ1v) is 18.0. The summed E-state index contributed by atoms with van der Waals surface area (Å²) in [7, 11) is 0. The minimum absolute atomic E-state index is 0.559. The van der Waals surface area contributed by atoms with Gasteiger partial charge in [-0.1, -0.05) is 146 Å². The number of nitrogens with zero attached hydrogens (tertiary/aromatic N) is 3. The van der Waals surface area contributed by atoms with E-state index in [9.17, 15) is 0 Å². The zero-order valence-corrected chi connectivity index (χ0v) is 28.9. The maximum atomic E-state index is 6.72. The van der Waals surface area contributed by atoms with Crippen LogP contribution in [0.15, 0.2) is 185 Å². The molecule has 5 nitrogen and oxygen atoms in total. The van der Waals surface area contributed by atoms with Crippen molar-refractivity contribution < 1.29 is 8.83 Å². The van der Waals surface area contributed by atoms with Gasteiger partial charge < -0.3 is 8.83 Å². The van der Waals surface area contributed by atoms with Gasteiger partial charge in [0.15, 0.2) is 17.5 Å². The summed E-state index contributed by atoms with van der Waals surface area (Å²) in [5, 5.41) is 6.34. The summed E-state index contributed by atoms with van der Waals surface area (Å²) < 4.78 is 13.0. The summed E-state index contributed by atoms with van der Waals surface area (Å²) in [5.41, 5.74) is 10.5. The first-order valence-electron chi connectivity index (χ1n) is 18.0. The Morgan fingerprint density at radius 2 is 0.889 bits per heavy atom. The van der Waals surface area contributed by atoms with Crippen LogP contribution in [0, 0.1) is 0 Å². The number of rotatable bonds is 5. The zero-order chi connectivity index (χ0) is 35.6. The van der Waals surface area contributed by atoms with E-state index in [0.29, 0.717) is 17.5 Å². The van der Waals surface area contributed by atoms with Crippen LogP contribution in [-0.2, 0) is 0 Å². The molecule has 0 spiro atoms. The Labute approximate surface area is 309 Å². The lowest BCUT2D eigenvalue weighted by Crippen LogP contribution is -2.00. The third-order valence-electron chi connectivity index (χ3n) is 10.4. The van der Waals surface area contributed by atoms with Crippen molar-refractivity contribution in [3.63, 3.8) is 0 Å². The standard InChI is InChI=1S/C49H29N3O2/c1-3-12-30(13-4-1)31-22-24-33(25-23-31)47-50-48(52-49(51-47)39-19-11-21-43-45(39)38-18-9-10-20-42(38)53-43)34-26-27-36-41-29-40(32-14-5-2-6-15-32)35-16-7-8-17-37(35)46(41)54-44(36)28-34/h1-29H. The lowest BCUT2D eigenvalue weighted by Gasteiger charge is -2.10. The summed E-state index contributed by atoms with van der Waals surface area (Å²) in [6, 6.07) is 60.4. The maximum absolute atomic E-state index is 6.72. The summed E-state index contributed by atoms with van der Waals surface area (Å²) in [5.74, 6) is 1.72. The molecule has 8 aromatic carbocycles. The van der Waals surface area contributed by atoms with Gasteiger partial charge in [-0.05, 0) is 58.0 Å². The molecule has 0 saturated heterocycles. The molecule has 0 atom stereocenters. The van der Waals surface area contributed by atoms with E-state index in [2.05, 4.69) is 140 Å².